The summed E-state index contributed by atoms with van der Waals surface area (Å²) in [6.07, 6.45) is 14.6. The summed E-state index contributed by atoms with van der Waals surface area (Å²) >= 11 is 0. The van der Waals surface area contributed by atoms with Crippen LogP contribution in [0.4, 0.5) is 0 Å². The second-order valence-corrected chi connectivity index (χ2v) is 4.65. The molecular weight excluding hydrogens is 192 g/mol. The minimum atomic E-state index is 1.11. The lowest BCUT2D eigenvalue weighted by atomic mass is 9.86. The van der Waals surface area contributed by atoms with Crippen LogP contribution in [0.2, 0.25) is 0 Å². The largest absolute Gasteiger partial charge is 0.0683 e. The summed E-state index contributed by atoms with van der Waals surface area (Å²) in [5, 5.41) is 0. The van der Waals surface area contributed by atoms with E-state index < -0.39 is 0 Å². The molecule has 0 saturated heterocycles. The molecule has 1 aliphatic carbocycles. The minimum Gasteiger partial charge on any atom is -0.0683 e. The van der Waals surface area contributed by atoms with Crippen LogP contribution in [-0.2, 0) is 0 Å². The van der Waals surface area contributed by atoms with Gasteiger partial charge in [0.2, 0.25) is 0 Å². The first-order valence-corrected chi connectivity index (χ1v) is 7.85. The van der Waals surface area contributed by atoms with E-state index in [4.69, 9.17) is 0 Å². The fourth-order valence-corrected chi connectivity index (χ4v) is 1.97. The molecule has 0 heterocycles. The van der Waals surface area contributed by atoms with Gasteiger partial charge in [-0.05, 0) is 5.92 Å². The predicted molar refractivity (Wildman–Crippen MR) is 78.0 cm³/mol. The van der Waals surface area contributed by atoms with Gasteiger partial charge < -0.3 is 0 Å². The highest BCUT2D eigenvalue weighted by Crippen LogP contribution is 2.27. The zero-order valence-corrected chi connectivity index (χ0v) is 12.6. The zero-order valence-electron chi connectivity index (χ0n) is 12.6. The van der Waals surface area contributed by atoms with Crippen LogP contribution in [0.1, 0.15) is 98.8 Å². The second-order valence-electron chi connectivity index (χ2n) is 4.65. The Morgan fingerprint density at radius 1 is 0.750 bits per heavy atom. The third-order valence-corrected chi connectivity index (χ3v) is 3.19. The molecule has 0 aromatic heterocycles. The van der Waals surface area contributed by atoms with Crippen molar-refractivity contribution in [2.24, 2.45) is 5.92 Å². The lowest BCUT2D eigenvalue weighted by Gasteiger charge is -2.20. The Morgan fingerprint density at radius 3 is 1.62 bits per heavy atom. The summed E-state index contributed by atoms with van der Waals surface area (Å²) in [5.74, 6) is 1.11. The van der Waals surface area contributed by atoms with Crippen LogP contribution in [0.5, 0.6) is 0 Å². The summed E-state index contributed by atoms with van der Waals surface area (Å²) in [6, 6.07) is 0. The van der Waals surface area contributed by atoms with Gasteiger partial charge in [0, 0.05) is 0 Å². The Hall–Kier alpha value is 0. The molecule has 1 saturated carbocycles. The highest BCUT2D eigenvalue weighted by Gasteiger charge is 2.11. The monoisotopic (exact) mass is 228 g/mol. The summed E-state index contributed by atoms with van der Waals surface area (Å²) in [6.45, 7) is 10.7. The van der Waals surface area contributed by atoms with Crippen molar-refractivity contribution in [1.82, 2.24) is 0 Å². The molecule has 0 aromatic carbocycles. The Labute approximate surface area is 105 Å². The van der Waals surface area contributed by atoms with Gasteiger partial charge in [0.25, 0.3) is 0 Å². The van der Waals surface area contributed by atoms with Crippen LogP contribution in [0.25, 0.3) is 0 Å². The molecule has 0 heteroatoms. The van der Waals surface area contributed by atoms with E-state index in [0.717, 1.165) is 5.92 Å². The number of hydrogen-bond acceptors (Lipinski definition) is 0. The molecule has 1 fully saturated rings. The van der Waals surface area contributed by atoms with E-state index in [9.17, 15) is 0 Å². The fraction of sp³-hybridized carbons (Fsp3) is 1.00. The van der Waals surface area contributed by atoms with Crippen molar-refractivity contribution < 1.29 is 0 Å². The van der Waals surface area contributed by atoms with Gasteiger partial charge in [-0.15, -0.1) is 0 Å². The summed E-state index contributed by atoms with van der Waals surface area (Å²) in [4.78, 5) is 0. The lowest BCUT2D eigenvalue weighted by Crippen LogP contribution is -2.05. The third kappa shape index (κ3) is 14.0. The topological polar surface area (TPSA) is 0 Å². The van der Waals surface area contributed by atoms with Crippen molar-refractivity contribution in [3.8, 4) is 0 Å². The molecular formula is C16H36. The Morgan fingerprint density at radius 2 is 1.25 bits per heavy atom. The molecule has 0 unspecified atom stereocenters. The molecule has 0 spiro atoms. The molecule has 0 aromatic rings. The van der Waals surface area contributed by atoms with Crippen molar-refractivity contribution >= 4 is 0 Å². The van der Waals surface area contributed by atoms with Gasteiger partial charge in [0.05, 0.1) is 0 Å². The molecule has 0 nitrogen and oxygen atoms in total. The predicted octanol–water partition coefficient (Wildman–Crippen LogP) is 6.59. The van der Waals surface area contributed by atoms with Crippen LogP contribution in [0, 0.1) is 5.92 Å². The van der Waals surface area contributed by atoms with Gasteiger partial charge in [0.1, 0.15) is 0 Å². The molecule has 0 N–H and O–H groups in total. The first-order chi connectivity index (χ1) is 7.85. The Kier molecular flexibility index (Phi) is 20.0. The number of rotatable bonds is 4. The average molecular weight is 228 g/mol. The Balaban J connectivity index is 0. The Bertz CT molecular complexity index is 88.2. The van der Waals surface area contributed by atoms with E-state index in [-0.39, 0.29) is 0 Å². The van der Waals surface area contributed by atoms with E-state index in [0.29, 0.717) is 0 Å². The minimum absolute atomic E-state index is 1.11. The normalized spacial score (nSPS) is 15.6. The third-order valence-electron chi connectivity index (χ3n) is 3.19. The van der Waals surface area contributed by atoms with Crippen LogP contribution < -0.4 is 0 Å². The van der Waals surface area contributed by atoms with E-state index in [1.165, 1.54) is 64.2 Å². The second kappa shape index (κ2) is 17.4. The van der Waals surface area contributed by atoms with Crippen molar-refractivity contribution in [2.45, 2.75) is 98.8 Å². The highest BCUT2D eigenvalue weighted by atomic mass is 14.2. The standard InChI is InChI=1S/C10H20.C4H10.C2H6/c1-2-3-7-10-8-5-4-6-9-10;1-3-4-2;1-2/h10H,2-9H2,1H3;3-4H2,1-2H3;1-2H3. The summed E-state index contributed by atoms with van der Waals surface area (Å²) < 4.78 is 0. The van der Waals surface area contributed by atoms with Gasteiger partial charge >= 0.3 is 0 Å². The van der Waals surface area contributed by atoms with E-state index in [1.807, 2.05) is 13.8 Å². The van der Waals surface area contributed by atoms with Crippen molar-refractivity contribution in [1.29, 1.82) is 0 Å². The highest BCUT2D eigenvalue weighted by molar-refractivity contribution is 4.65. The SMILES string of the molecule is CC.CCCC.CCCCC1CCCCC1. The maximum atomic E-state index is 2.29. The fourth-order valence-electron chi connectivity index (χ4n) is 1.97. The van der Waals surface area contributed by atoms with Gasteiger partial charge in [-0.1, -0.05) is 98.8 Å². The van der Waals surface area contributed by atoms with Crippen molar-refractivity contribution in [3.05, 3.63) is 0 Å². The van der Waals surface area contributed by atoms with E-state index in [2.05, 4.69) is 20.8 Å². The van der Waals surface area contributed by atoms with E-state index in [1.54, 1.807) is 0 Å². The maximum Gasteiger partial charge on any atom is -0.0414 e. The zero-order chi connectivity index (χ0) is 12.6. The van der Waals surface area contributed by atoms with Crippen molar-refractivity contribution in [3.63, 3.8) is 0 Å². The molecule has 0 radical (unpaired) electrons. The van der Waals surface area contributed by atoms with Gasteiger partial charge in [0.15, 0.2) is 0 Å². The molecule has 0 atom stereocenters. The molecule has 0 amide bonds. The number of unbranched alkanes of at least 4 members (excludes halogenated alkanes) is 2. The number of hydrogen-bond donors (Lipinski definition) is 0. The average Bonchev–Trinajstić information content (AvgIpc) is 2.40. The van der Waals surface area contributed by atoms with Gasteiger partial charge in [-0.25, -0.2) is 0 Å². The van der Waals surface area contributed by atoms with Gasteiger partial charge in [-0.3, -0.25) is 0 Å². The molecule has 0 bridgehead atoms. The molecule has 100 valence electrons. The first kappa shape index (κ1) is 18.4. The molecule has 16 heavy (non-hydrogen) atoms. The van der Waals surface area contributed by atoms with Crippen LogP contribution in [-0.4, -0.2) is 0 Å². The van der Waals surface area contributed by atoms with Crippen LogP contribution in [0.15, 0.2) is 0 Å². The quantitative estimate of drug-likeness (QED) is 0.509. The van der Waals surface area contributed by atoms with E-state index >= 15 is 0 Å². The summed E-state index contributed by atoms with van der Waals surface area (Å²) in [7, 11) is 0. The molecule has 0 aliphatic heterocycles. The first-order valence-electron chi connectivity index (χ1n) is 7.85. The maximum absolute atomic E-state index is 2.29. The summed E-state index contributed by atoms with van der Waals surface area (Å²) in [5.41, 5.74) is 0. The smallest absolute Gasteiger partial charge is 0.0414 e. The molecule has 1 rings (SSSR count). The van der Waals surface area contributed by atoms with Crippen LogP contribution >= 0.6 is 0 Å². The van der Waals surface area contributed by atoms with Gasteiger partial charge in [-0.2, -0.15) is 0 Å². The van der Waals surface area contributed by atoms with Crippen molar-refractivity contribution in [2.75, 3.05) is 0 Å². The molecule has 1 aliphatic rings. The van der Waals surface area contributed by atoms with Crippen LogP contribution in [0.3, 0.4) is 0 Å². The lowest BCUT2D eigenvalue weighted by molar-refractivity contribution is 0.331.